The molecule has 54 heavy (non-hydrogen) atoms. The number of hydrogen-bond donors (Lipinski definition) is 6. The number of allylic oxidation sites excluding steroid dienone is 1. The highest BCUT2D eigenvalue weighted by molar-refractivity contribution is 5.76. The van der Waals surface area contributed by atoms with Gasteiger partial charge in [0.05, 0.1) is 25.4 Å². The minimum absolute atomic E-state index is 0.174. The molecule has 1 aliphatic rings. The van der Waals surface area contributed by atoms with Crippen LogP contribution in [-0.2, 0) is 14.3 Å². The van der Waals surface area contributed by atoms with Crippen molar-refractivity contribution >= 4 is 5.91 Å². The van der Waals surface area contributed by atoms with Gasteiger partial charge in [-0.05, 0) is 19.3 Å². The van der Waals surface area contributed by atoms with Crippen LogP contribution >= 0.6 is 0 Å². The molecular formula is C45H87NO8. The first kappa shape index (κ1) is 50.9. The minimum atomic E-state index is -1.56. The molecule has 9 nitrogen and oxygen atoms in total. The summed E-state index contributed by atoms with van der Waals surface area (Å²) in [6.07, 6.45) is 33.9. The maximum Gasteiger partial charge on any atom is 0.220 e. The molecule has 1 aliphatic heterocycles. The Morgan fingerprint density at radius 3 is 1.44 bits per heavy atom. The van der Waals surface area contributed by atoms with Gasteiger partial charge in [-0.1, -0.05) is 199 Å². The largest absolute Gasteiger partial charge is 0.394 e. The number of rotatable bonds is 38. The number of carbonyl (C=O) groups excluding carboxylic acids is 1. The summed E-state index contributed by atoms with van der Waals surface area (Å²) >= 11 is 0. The van der Waals surface area contributed by atoms with E-state index in [0.29, 0.717) is 6.42 Å². The van der Waals surface area contributed by atoms with Gasteiger partial charge >= 0.3 is 0 Å². The van der Waals surface area contributed by atoms with Gasteiger partial charge < -0.3 is 40.3 Å². The topological polar surface area (TPSA) is 149 Å². The molecule has 1 amide bonds. The molecule has 7 unspecified atom stereocenters. The first-order valence-corrected chi connectivity index (χ1v) is 22.9. The molecule has 1 saturated heterocycles. The Hall–Kier alpha value is -1.07. The lowest BCUT2D eigenvalue weighted by Crippen LogP contribution is -2.60. The zero-order chi connectivity index (χ0) is 39.5. The van der Waals surface area contributed by atoms with E-state index in [1.807, 2.05) is 6.08 Å². The lowest BCUT2D eigenvalue weighted by molar-refractivity contribution is -0.302. The quantitative estimate of drug-likeness (QED) is 0.0269. The summed E-state index contributed by atoms with van der Waals surface area (Å²) < 4.78 is 11.2. The molecule has 9 heteroatoms. The van der Waals surface area contributed by atoms with Crippen LogP contribution in [0, 0.1) is 0 Å². The first-order valence-electron chi connectivity index (χ1n) is 22.9. The van der Waals surface area contributed by atoms with Gasteiger partial charge in [0.1, 0.15) is 24.4 Å². The molecule has 0 aromatic rings. The van der Waals surface area contributed by atoms with Gasteiger partial charge in [-0.25, -0.2) is 0 Å². The molecule has 6 N–H and O–H groups in total. The molecule has 0 saturated carbocycles. The van der Waals surface area contributed by atoms with Gasteiger partial charge in [0, 0.05) is 6.42 Å². The van der Waals surface area contributed by atoms with Crippen LogP contribution in [0.15, 0.2) is 12.2 Å². The molecule has 0 radical (unpaired) electrons. The lowest BCUT2D eigenvalue weighted by atomic mass is 9.99. The third-order valence-corrected chi connectivity index (χ3v) is 11.1. The fourth-order valence-electron chi connectivity index (χ4n) is 7.39. The van der Waals surface area contributed by atoms with E-state index in [-0.39, 0.29) is 12.5 Å². The Kier molecular flexibility index (Phi) is 34.2. The van der Waals surface area contributed by atoms with E-state index in [1.165, 1.54) is 154 Å². The van der Waals surface area contributed by atoms with Crippen molar-refractivity contribution in [2.24, 2.45) is 0 Å². The second-order valence-electron chi connectivity index (χ2n) is 16.2. The van der Waals surface area contributed by atoms with Crippen molar-refractivity contribution in [2.45, 2.75) is 256 Å². The Balaban J connectivity index is 2.36. The molecule has 0 bridgehead atoms. The molecular weight excluding hydrogens is 682 g/mol. The van der Waals surface area contributed by atoms with Crippen molar-refractivity contribution in [1.82, 2.24) is 5.32 Å². The van der Waals surface area contributed by atoms with Crippen LogP contribution in [0.3, 0.4) is 0 Å². The van der Waals surface area contributed by atoms with Crippen molar-refractivity contribution in [3.8, 4) is 0 Å². The van der Waals surface area contributed by atoms with Gasteiger partial charge in [0.15, 0.2) is 6.29 Å². The monoisotopic (exact) mass is 770 g/mol. The number of nitrogens with one attached hydrogen (secondary N) is 1. The van der Waals surface area contributed by atoms with E-state index in [9.17, 15) is 30.3 Å². The van der Waals surface area contributed by atoms with Crippen LogP contribution in [0.5, 0.6) is 0 Å². The summed E-state index contributed by atoms with van der Waals surface area (Å²) in [5.41, 5.74) is 0. The number of amides is 1. The smallest absolute Gasteiger partial charge is 0.220 e. The number of aliphatic hydroxyl groups excluding tert-OH is 5. The van der Waals surface area contributed by atoms with Crippen LogP contribution in [0.2, 0.25) is 0 Å². The fourth-order valence-corrected chi connectivity index (χ4v) is 7.39. The zero-order valence-corrected chi connectivity index (χ0v) is 35.0. The summed E-state index contributed by atoms with van der Waals surface area (Å²) in [6, 6.07) is -0.797. The highest BCUT2D eigenvalue weighted by Gasteiger charge is 2.44. The fraction of sp³-hybridized carbons (Fsp3) is 0.933. The van der Waals surface area contributed by atoms with Gasteiger partial charge in [-0.15, -0.1) is 0 Å². The van der Waals surface area contributed by atoms with Crippen molar-refractivity contribution < 1.29 is 39.8 Å². The number of hydrogen-bond acceptors (Lipinski definition) is 8. The van der Waals surface area contributed by atoms with Gasteiger partial charge in [-0.3, -0.25) is 4.79 Å². The molecule has 0 aromatic heterocycles. The predicted molar refractivity (Wildman–Crippen MR) is 221 cm³/mol. The highest BCUT2D eigenvalue weighted by Crippen LogP contribution is 2.23. The van der Waals surface area contributed by atoms with E-state index in [4.69, 9.17) is 9.47 Å². The van der Waals surface area contributed by atoms with Crippen LogP contribution in [0.1, 0.15) is 213 Å². The summed E-state index contributed by atoms with van der Waals surface area (Å²) in [5.74, 6) is -0.174. The normalized spacial score (nSPS) is 21.5. The average molecular weight is 770 g/mol. The predicted octanol–water partition coefficient (Wildman–Crippen LogP) is 9.34. The van der Waals surface area contributed by atoms with Crippen molar-refractivity contribution in [3.63, 3.8) is 0 Å². The average Bonchev–Trinajstić information content (AvgIpc) is 3.17. The minimum Gasteiger partial charge on any atom is -0.394 e. The molecule has 1 fully saturated rings. The van der Waals surface area contributed by atoms with Crippen LogP contribution < -0.4 is 5.32 Å². The zero-order valence-electron chi connectivity index (χ0n) is 35.0. The Morgan fingerprint density at radius 2 is 1.02 bits per heavy atom. The van der Waals surface area contributed by atoms with Crippen molar-refractivity contribution in [2.75, 3.05) is 13.2 Å². The third kappa shape index (κ3) is 26.7. The lowest BCUT2D eigenvalue weighted by Gasteiger charge is -2.40. The van der Waals surface area contributed by atoms with Crippen LogP contribution in [-0.4, -0.2) is 87.5 Å². The van der Waals surface area contributed by atoms with E-state index in [1.54, 1.807) is 6.08 Å². The number of ether oxygens (including phenoxy) is 2. The standard InChI is InChI=1S/C45H87NO8/c1-3-5-7-9-11-13-15-17-19-21-23-25-27-29-31-33-35-41(49)46-38(37-53-45-44(52)43(51)42(50)40(36-47)54-45)39(48)34-32-30-28-26-24-22-20-18-16-14-12-10-8-6-4-2/h32,34,38-40,42-45,47-48,50-52H,3-31,33,35-37H2,1-2H3,(H,46,49)/b34-32+. The van der Waals surface area contributed by atoms with Crippen LogP contribution in [0.4, 0.5) is 0 Å². The summed E-state index contributed by atoms with van der Waals surface area (Å²) in [7, 11) is 0. The summed E-state index contributed by atoms with van der Waals surface area (Å²) in [6.45, 7) is 3.78. The molecule has 1 rings (SSSR count). The SMILES string of the molecule is CCCCCCCCCCCCCCC/C=C/C(O)C(COC1OC(CO)C(O)C(O)C1O)NC(=O)CCCCCCCCCCCCCCCCCC. The molecule has 7 atom stereocenters. The Morgan fingerprint density at radius 1 is 0.611 bits per heavy atom. The molecule has 320 valence electrons. The summed E-state index contributed by atoms with van der Waals surface area (Å²) in [4.78, 5) is 12.9. The van der Waals surface area contributed by atoms with Crippen LogP contribution in [0.25, 0.3) is 0 Å². The Labute approximate surface area is 331 Å². The van der Waals surface area contributed by atoms with E-state index in [0.717, 1.165) is 38.5 Å². The van der Waals surface area contributed by atoms with Crippen molar-refractivity contribution in [3.05, 3.63) is 12.2 Å². The second kappa shape index (κ2) is 36.3. The second-order valence-corrected chi connectivity index (χ2v) is 16.2. The van der Waals surface area contributed by atoms with Crippen molar-refractivity contribution in [1.29, 1.82) is 0 Å². The maximum atomic E-state index is 12.9. The first-order chi connectivity index (χ1) is 26.3. The number of unbranched alkanes of at least 4 members (excludes halogenated alkanes) is 28. The van der Waals surface area contributed by atoms with Gasteiger partial charge in [0.25, 0.3) is 0 Å². The molecule has 0 spiro atoms. The highest BCUT2D eigenvalue weighted by atomic mass is 16.7. The van der Waals surface area contributed by atoms with Gasteiger partial charge in [0.2, 0.25) is 5.91 Å². The third-order valence-electron chi connectivity index (χ3n) is 11.1. The molecule has 1 heterocycles. The van der Waals surface area contributed by atoms with E-state index >= 15 is 0 Å². The van der Waals surface area contributed by atoms with E-state index < -0.39 is 49.5 Å². The summed E-state index contributed by atoms with van der Waals surface area (Å²) in [5, 5.41) is 54.2. The maximum absolute atomic E-state index is 12.9. The molecule has 0 aliphatic carbocycles. The molecule has 0 aromatic carbocycles. The Bertz CT molecular complexity index is 858. The van der Waals surface area contributed by atoms with E-state index in [2.05, 4.69) is 19.2 Å². The van der Waals surface area contributed by atoms with Gasteiger partial charge in [-0.2, -0.15) is 0 Å². The number of carbonyl (C=O) groups is 1. The number of aliphatic hydroxyl groups is 5.